The van der Waals surface area contributed by atoms with Gasteiger partial charge in [0.05, 0.1) is 6.54 Å². The van der Waals surface area contributed by atoms with Gasteiger partial charge in [0.15, 0.2) is 5.43 Å². The Bertz CT molecular complexity index is 630. The lowest BCUT2D eigenvalue weighted by molar-refractivity contribution is 0.0949. The Morgan fingerprint density at radius 3 is 2.89 bits per heavy atom. The third kappa shape index (κ3) is 2.84. The molecular formula is C12H13N3O2S. The fraction of sp³-hybridized carbons (Fsp3) is 0.250. The van der Waals surface area contributed by atoms with Crippen LogP contribution in [0.15, 0.2) is 23.3 Å². The first-order chi connectivity index (χ1) is 8.56. The zero-order valence-corrected chi connectivity index (χ0v) is 10.9. The summed E-state index contributed by atoms with van der Waals surface area (Å²) in [5, 5.41) is 3.50. The predicted molar refractivity (Wildman–Crippen MR) is 69.8 cm³/mol. The zero-order valence-electron chi connectivity index (χ0n) is 10.1. The maximum Gasteiger partial charge on any atom is 0.257 e. The summed E-state index contributed by atoms with van der Waals surface area (Å²) in [6, 6.07) is 1.41. The van der Waals surface area contributed by atoms with E-state index in [2.05, 4.69) is 15.3 Å². The number of thiazole rings is 1. The van der Waals surface area contributed by atoms with Crippen molar-refractivity contribution in [2.75, 3.05) is 0 Å². The van der Waals surface area contributed by atoms with Crippen LogP contribution in [0.25, 0.3) is 0 Å². The second-order valence-corrected chi connectivity index (χ2v) is 5.26. The summed E-state index contributed by atoms with van der Waals surface area (Å²) < 4.78 is 0. The van der Waals surface area contributed by atoms with E-state index in [1.54, 1.807) is 13.1 Å². The predicted octanol–water partition coefficient (Wildman–Crippen LogP) is 1.38. The SMILES string of the molecule is Cc1cc(=O)c(C(=O)NCc2ncc(C)s2)c[nH]1. The first-order valence-electron chi connectivity index (χ1n) is 5.45. The van der Waals surface area contributed by atoms with Crippen LogP contribution in [0.1, 0.15) is 25.9 Å². The molecule has 2 N–H and O–H groups in total. The van der Waals surface area contributed by atoms with Crippen molar-refractivity contribution < 1.29 is 4.79 Å². The Morgan fingerprint density at radius 2 is 2.28 bits per heavy atom. The van der Waals surface area contributed by atoms with Crippen molar-refractivity contribution in [3.05, 3.63) is 49.8 Å². The Labute approximate surface area is 108 Å². The minimum atomic E-state index is -0.385. The number of nitrogens with zero attached hydrogens (tertiary/aromatic N) is 1. The topological polar surface area (TPSA) is 74.8 Å². The fourth-order valence-corrected chi connectivity index (χ4v) is 2.21. The van der Waals surface area contributed by atoms with E-state index in [4.69, 9.17) is 0 Å². The summed E-state index contributed by atoms with van der Waals surface area (Å²) in [5.41, 5.74) is 0.569. The third-order valence-electron chi connectivity index (χ3n) is 2.37. The van der Waals surface area contributed by atoms with Crippen LogP contribution in [0.3, 0.4) is 0 Å². The van der Waals surface area contributed by atoms with Crippen LogP contribution >= 0.6 is 11.3 Å². The summed E-state index contributed by atoms with van der Waals surface area (Å²) in [7, 11) is 0. The monoisotopic (exact) mass is 263 g/mol. The fourth-order valence-electron chi connectivity index (χ4n) is 1.48. The van der Waals surface area contributed by atoms with E-state index in [1.807, 2.05) is 6.92 Å². The summed E-state index contributed by atoms with van der Waals surface area (Å²) in [6.45, 7) is 4.06. The van der Waals surface area contributed by atoms with Crippen molar-refractivity contribution in [2.24, 2.45) is 0 Å². The van der Waals surface area contributed by atoms with Gasteiger partial charge in [-0.15, -0.1) is 11.3 Å². The standard InChI is InChI=1S/C12H13N3O2S/c1-7-3-10(16)9(5-13-7)12(17)15-6-11-14-4-8(2)18-11/h3-5H,6H2,1-2H3,(H,13,16)(H,15,17). The van der Waals surface area contributed by atoms with Crippen molar-refractivity contribution in [2.45, 2.75) is 20.4 Å². The molecule has 0 spiro atoms. The number of carbonyl (C=O) groups is 1. The Morgan fingerprint density at radius 1 is 1.50 bits per heavy atom. The number of nitrogens with one attached hydrogen (secondary N) is 2. The van der Waals surface area contributed by atoms with Crippen molar-refractivity contribution in [3.63, 3.8) is 0 Å². The van der Waals surface area contributed by atoms with Crippen LogP contribution in [0.4, 0.5) is 0 Å². The van der Waals surface area contributed by atoms with Crippen molar-refractivity contribution in [1.29, 1.82) is 0 Å². The van der Waals surface area contributed by atoms with E-state index in [-0.39, 0.29) is 16.9 Å². The molecule has 94 valence electrons. The van der Waals surface area contributed by atoms with Crippen molar-refractivity contribution in [1.82, 2.24) is 15.3 Å². The molecule has 0 aliphatic carbocycles. The maximum absolute atomic E-state index is 11.8. The number of rotatable bonds is 3. The van der Waals surface area contributed by atoms with Gasteiger partial charge >= 0.3 is 0 Å². The van der Waals surface area contributed by atoms with E-state index < -0.39 is 0 Å². The normalized spacial score (nSPS) is 10.3. The molecule has 2 rings (SSSR count). The molecule has 2 heterocycles. The molecule has 0 bridgehead atoms. The Hall–Kier alpha value is -1.95. The van der Waals surface area contributed by atoms with Crippen LogP contribution in [0.5, 0.6) is 0 Å². The highest BCUT2D eigenvalue weighted by Gasteiger charge is 2.10. The number of amides is 1. The number of hydrogen-bond acceptors (Lipinski definition) is 4. The average Bonchev–Trinajstić information content (AvgIpc) is 2.72. The molecule has 0 aromatic carbocycles. The summed E-state index contributed by atoms with van der Waals surface area (Å²) in [4.78, 5) is 31.5. The number of aromatic amines is 1. The van der Waals surface area contributed by atoms with Crippen LogP contribution in [-0.2, 0) is 6.54 Å². The number of pyridine rings is 1. The number of H-pyrrole nitrogens is 1. The quantitative estimate of drug-likeness (QED) is 0.878. The maximum atomic E-state index is 11.8. The molecule has 6 heteroatoms. The van der Waals surface area contributed by atoms with Gasteiger partial charge in [0, 0.05) is 29.0 Å². The molecule has 18 heavy (non-hydrogen) atoms. The molecule has 2 aromatic rings. The Kier molecular flexibility index (Phi) is 3.57. The van der Waals surface area contributed by atoms with E-state index in [0.717, 1.165) is 15.6 Å². The molecule has 0 fully saturated rings. The first kappa shape index (κ1) is 12.5. The highest BCUT2D eigenvalue weighted by molar-refractivity contribution is 7.11. The lowest BCUT2D eigenvalue weighted by atomic mass is 10.2. The summed E-state index contributed by atoms with van der Waals surface area (Å²) in [6.07, 6.45) is 3.19. The van der Waals surface area contributed by atoms with E-state index in [9.17, 15) is 9.59 Å². The molecule has 0 aliphatic rings. The molecule has 5 nitrogen and oxygen atoms in total. The lowest BCUT2D eigenvalue weighted by Gasteiger charge is -2.02. The van der Waals surface area contributed by atoms with Gasteiger partial charge in [-0.1, -0.05) is 0 Å². The van der Waals surface area contributed by atoms with Crippen LogP contribution < -0.4 is 10.7 Å². The van der Waals surface area contributed by atoms with Gasteiger partial charge in [0.25, 0.3) is 5.91 Å². The van der Waals surface area contributed by atoms with Crippen LogP contribution in [-0.4, -0.2) is 15.9 Å². The highest BCUT2D eigenvalue weighted by Crippen LogP contribution is 2.10. The van der Waals surface area contributed by atoms with Gasteiger partial charge in [0.2, 0.25) is 0 Å². The van der Waals surface area contributed by atoms with Gasteiger partial charge in [-0.25, -0.2) is 4.98 Å². The molecule has 2 aromatic heterocycles. The van der Waals surface area contributed by atoms with E-state index in [0.29, 0.717) is 6.54 Å². The second-order valence-electron chi connectivity index (χ2n) is 3.94. The molecule has 0 unspecified atom stereocenters. The van der Waals surface area contributed by atoms with E-state index >= 15 is 0 Å². The lowest BCUT2D eigenvalue weighted by Crippen LogP contribution is -2.28. The highest BCUT2D eigenvalue weighted by atomic mass is 32.1. The molecule has 0 saturated heterocycles. The molecular weight excluding hydrogens is 250 g/mol. The molecule has 1 amide bonds. The third-order valence-corrected chi connectivity index (χ3v) is 3.28. The molecule has 0 radical (unpaired) electrons. The Balaban J connectivity index is 2.06. The van der Waals surface area contributed by atoms with Crippen LogP contribution in [0.2, 0.25) is 0 Å². The van der Waals surface area contributed by atoms with Gasteiger partial charge in [-0.3, -0.25) is 9.59 Å². The smallest absolute Gasteiger partial charge is 0.257 e. The number of aryl methyl sites for hydroxylation is 2. The minimum Gasteiger partial charge on any atom is -0.364 e. The molecule has 0 aliphatic heterocycles. The number of aromatic nitrogens is 2. The largest absolute Gasteiger partial charge is 0.364 e. The van der Waals surface area contributed by atoms with Gasteiger partial charge < -0.3 is 10.3 Å². The zero-order chi connectivity index (χ0) is 13.1. The summed E-state index contributed by atoms with van der Waals surface area (Å²) in [5.74, 6) is -0.385. The van der Waals surface area contributed by atoms with Gasteiger partial charge in [0.1, 0.15) is 10.6 Å². The number of hydrogen-bond donors (Lipinski definition) is 2. The van der Waals surface area contributed by atoms with Crippen molar-refractivity contribution >= 4 is 17.2 Å². The number of carbonyl (C=O) groups excluding carboxylic acids is 1. The molecule has 0 saturated carbocycles. The summed E-state index contributed by atoms with van der Waals surface area (Å²) >= 11 is 1.52. The van der Waals surface area contributed by atoms with Gasteiger partial charge in [-0.05, 0) is 13.8 Å². The molecule has 0 atom stereocenters. The van der Waals surface area contributed by atoms with E-state index in [1.165, 1.54) is 23.6 Å². The average molecular weight is 263 g/mol. The van der Waals surface area contributed by atoms with Crippen molar-refractivity contribution in [3.8, 4) is 0 Å². The van der Waals surface area contributed by atoms with Crippen LogP contribution in [0, 0.1) is 13.8 Å². The second kappa shape index (κ2) is 5.14. The first-order valence-corrected chi connectivity index (χ1v) is 6.27. The minimum absolute atomic E-state index is 0.119. The van der Waals surface area contributed by atoms with Gasteiger partial charge in [-0.2, -0.15) is 0 Å².